The molecule has 0 unspecified atom stereocenters. The standard InChI is InChI=1S/C53H47FO13/c1-33(62-49(56)37-16-8-4-9-17-37)45-46(64-50(57)38-18-10-5-11-19-38)47(65-51(58)39-20-12-6-13-21-39)48(66-52(59)40-22-14-7-15-23-40)53(67-45)63-44-32-36(28-29-61-34(2)55)31-43(54)42(44)30-35-24-26-41(60-3)27-25-35/h4-27,31-33,45-48,53H,28-30H2,1-3H3/t33-,45-,46-,47+,48-,53-/m1/s1. The van der Waals surface area contributed by atoms with Gasteiger partial charge in [0.15, 0.2) is 12.2 Å². The molecular formula is C53H47FO13. The molecule has 1 fully saturated rings. The molecule has 0 aliphatic carbocycles. The molecule has 1 aliphatic rings. The molecule has 0 N–H and O–H groups in total. The fourth-order valence-electron chi connectivity index (χ4n) is 7.35. The Kier molecular flexibility index (Phi) is 15.7. The van der Waals surface area contributed by atoms with Gasteiger partial charge < -0.3 is 37.9 Å². The zero-order valence-corrected chi connectivity index (χ0v) is 36.8. The zero-order chi connectivity index (χ0) is 47.3. The van der Waals surface area contributed by atoms with Crippen LogP contribution >= 0.6 is 0 Å². The van der Waals surface area contributed by atoms with Crippen molar-refractivity contribution in [1.29, 1.82) is 0 Å². The lowest BCUT2D eigenvalue weighted by atomic mass is 9.94. The predicted molar refractivity (Wildman–Crippen MR) is 240 cm³/mol. The smallest absolute Gasteiger partial charge is 0.338 e. The van der Waals surface area contributed by atoms with E-state index in [1.807, 2.05) is 0 Å². The van der Waals surface area contributed by atoms with Crippen molar-refractivity contribution >= 4 is 29.8 Å². The van der Waals surface area contributed by atoms with E-state index in [1.165, 1.54) is 69.5 Å². The summed E-state index contributed by atoms with van der Waals surface area (Å²) in [7, 11) is 1.52. The number of hydrogen-bond donors (Lipinski definition) is 0. The van der Waals surface area contributed by atoms with Gasteiger partial charge in [0.05, 0.1) is 36.0 Å². The van der Waals surface area contributed by atoms with Crippen LogP contribution in [0, 0.1) is 5.82 Å². The highest BCUT2D eigenvalue weighted by atomic mass is 19.1. The van der Waals surface area contributed by atoms with Crippen molar-refractivity contribution in [2.45, 2.75) is 63.5 Å². The monoisotopic (exact) mass is 910 g/mol. The highest BCUT2D eigenvalue weighted by Gasteiger charge is 2.56. The molecule has 13 nitrogen and oxygen atoms in total. The summed E-state index contributed by atoms with van der Waals surface area (Å²) >= 11 is 0. The summed E-state index contributed by atoms with van der Waals surface area (Å²) < 4.78 is 65.1. The second-order valence-corrected chi connectivity index (χ2v) is 15.4. The van der Waals surface area contributed by atoms with Crippen molar-refractivity contribution in [3.63, 3.8) is 0 Å². The molecule has 67 heavy (non-hydrogen) atoms. The van der Waals surface area contributed by atoms with Crippen molar-refractivity contribution in [2.24, 2.45) is 0 Å². The maximum atomic E-state index is 16.6. The van der Waals surface area contributed by atoms with Crippen LogP contribution in [0.3, 0.4) is 0 Å². The number of rotatable bonds is 17. The Balaban J connectivity index is 1.38. The van der Waals surface area contributed by atoms with Gasteiger partial charge in [-0.25, -0.2) is 23.6 Å². The molecule has 1 saturated heterocycles. The molecule has 6 atom stereocenters. The second-order valence-electron chi connectivity index (χ2n) is 15.4. The minimum absolute atomic E-state index is 0.0190. The summed E-state index contributed by atoms with van der Waals surface area (Å²) in [6, 6.07) is 41.8. The molecule has 344 valence electrons. The van der Waals surface area contributed by atoms with E-state index in [-0.39, 0.29) is 53.0 Å². The molecule has 6 aromatic carbocycles. The van der Waals surface area contributed by atoms with Crippen LogP contribution in [0.15, 0.2) is 158 Å². The summed E-state index contributed by atoms with van der Waals surface area (Å²) in [4.78, 5) is 67.7. The highest BCUT2D eigenvalue weighted by Crippen LogP contribution is 2.37. The van der Waals surface area contributed by atoms with E-state index in [9.17, 15) is 24.0 Å². The minimum Gasteiger partial charge on any atom is -0.497 e. The third-order valence-corrected chi connectivity index (χ3v) is 10.7. The SMILES string of the molecule is COc1ccc(Cc2c(F)cc(CCOC(C)=O)cc2O[C@@H]2O[C@H]([C@@H](C)OC(=O)c3ccccc3)[C@@H](OC(=O)c3ccccc3)[C@H](OC(=O)c3ccccc3)[C@H]2OC(=O)c2ccccc2)cc1. The Bertz CT molecular complexity index is 2630. The van der Waals surface area contributed by atoms with Crippen LogP contribution in [0.25, 0.3) is 0 Å². The number of carbonyl (C=O) groups is 5. The Morgan fingerprint density at radius 3 is 1.57 bits per heavy atom. The van der Waals surface area contributed by atoms with Gasteiger partial charge in [-0.3, -0.25) is 4.79 Å². The molecule has 7 rings (SSSR count). The van der Waals surface area contributed by atoms with Crippen LogP contribution in [0.2, 0.25) is 0 Å². The lowest BCUT2D eigenvalue weighted by Gasteiger charge is -2.45. The first-order valence-corrected chi connectivity index (χ1v) is 21.4. The van der Waals surface area contributed by atoms with Crippen LogP contribution in [0.4, 0.5) is 4.39 Å². The summed E-state index contributed by atoms with van der Waals surface area (Å²) in [6.45, 7) is 2.66. The van der Waals surface area contributed by atoms with Gasteiger partial charge in [0.1, 0.15) is 29.5 Å². The number of benzene rings is 6. The van der Waals surface area contributed by atoms with Gasteiger partial charge in [0.2, 0.25) is 12.4 Å². The molecule has 0 saturated carbocycles. The van der Waals surface area contributed by atoms with Gasteiger partial charge in [-0.15, -0.1) is 0 Å². The van der Waals surface area contributed by atoms with E-state index in [4.69, 9.17) is 37.9 Å². The molecule has 0 radical (unpaired) electrons. The molecule has 1 heterocycles. The average Bonchev–Trinajstić information content (AvgIpc) is 3.35. The maximum Gasteiger partial charge on any atom is 0.338 e. The van der Waals surface area contributed by atoms with Crippen molar-refractivity contribution in [2.75, 3.05) is 13.7 Å². The van der Waals surface area contributed by atoms with E-state index in [0.717, 1.165) is 0 Å². The van der Waals surface area contributed by atoms with E-state index < -0.39 is 72.5 Å². The molecular weight excluding hydrogens is 864 g/mol. The number of carbonyl (C=O) groups excluding carboxylic acids is 5. The molecule has 1 aliphatic heterocycles. The van der Waals surface area contributed by atoms with Gasteiger partial charge in [0, 0.05) is 25.3 Å². The normalized spacial score (nSPS) is 18.1. The highest BCUT2D eigenvalue weighted by molar-refractivity contribution is 5.91. The van der Waals surface area contributed by atoms with E-state index in [2.05, 4.69) is 0 Å². The third-order valence-electron chi connectivity index (χ3n) is 10.7. The Labute approximate surface area is 386 Å². The van der Waals surface area contributed by atoms with E-state index in [0.29, 0.717) is 16.9 Å². The minimum atomic E-state index is -1.78. The maximum absolute atomic E-state index is 16.6. The second kappa shape index (κ2) is 22.4. The van der Waals surface area contributed by atoms with Crippen LogP contribution in [0.5, 0.6) is 11.5 Å². The summed E-state index contributed by atoms with van der Waals surface area (Å²) in [5.41, 5.74) is 1.58. The molecule has 6 aromatic rings. The van der Waals surface area contributed by atoms with Gasteiger partial charge in [-0.05, 0) is 90.8 Å². The van der Waals surface area contributed by atoms with Crippen LogP contribution in [-0.2, 0) is 46.1 Å². The molecule has 14 heteroatoms. The summed E-state index contributed by atoms with van der Waals surface area (Å²) in [5.74, 6) is -4.17. The molecule has 0 bridgehead atoms. The van der Waals surface area contributed by atoms with Crippen molar-refractivity contribution < 1.29 is 66.3 Å². The summed E-state index contributed by atoms with van der Waals surface area (Å²) in [5, 5.41) is 0. The van der Waals surface area contributed by atoms with Crippen LogP contribution < -0.4 is 9.47 Å². The molecule has 0 spiro atoms. The fourth-order valence-corrected chi connectivity index (χ4v) is 7.35. The topological polar surface area (TPSA) is 159 Å². The molecule has 0 aromatic heterocycles. The van der Waals surface area contributed by atoms with Crippen molar-refractivity contribution in [1.82, 2.24) is 0 Å². The lowest BCUT2D eigenvalue weighted by Crippen LogP contribution is -2.65. The first-order valence-electron chi connectivity index (χ1n) is 21.4. The first kappa shape index (κ1) is 47.1. The van der Waals surface area contributed by atoms with E-state index in [1.54, 1.807) is 109 Å². The molecule has 0 amide bonds. The number of esters is 5. The average molecular weight is 911 g/mol. The third kappa shape index (κ3) is 12.3. The first-order chi connectivity index (χ1) is 32.5. The zero-order valence-electron chi connectivity index (χ0n) is 36.8. The lowest BCUT2D eigenvalue weighted by molar-refractivity contribution is -0.284. The van der Waals surface area contributed by atoms with Crippen molar-refractivity contribution in [3.8, 4) is 11.5 Å². The van der Waals surface area contributed by atoms with Gasteiger partial charge in [-0.2, -0.15) is 0 Å². The number of halogens is 1. The van der Waals surface area contributed by atoms with Gasteiger partial charge >= 0.3 is 29.8 Å². The Hall–Kier alpha value is -7.84. The quantitative estimate of drug-likeness (QED) is 0.0634. The van der Waals surface area contributed by atoms with Crippen LogP contribution in [0.1, 0.15) is 72.0 Å². The van der Waals surface area contributed by atoms with E-state index >= 15 is 4.39 Å². The van der Waals surface area contributed by atoms with Gasteiger partial charge in [-0.1, -0.05) is 84.9 Å². The van der Waals surface area contributed by atoms with Gasteiger partial charge in [0.25, 0.3) is 0 Å². The number of ether oxygens (including phenoxy) is 8. The number of methoxy groups -OCH3 is 1. The Morgan fingerprint density at radius 2 is 1.07 bits per heavy atom. The predicted octanol–water partition coefficient (Wildman–Crippen LogP) is 8.56. The van der Waals surface area contributed by atoms with Crippen molar-refractivity contribution in [3.05, 3.63) is 202 Å². The largest absolute Gasteiger partial charge is 0.497 e. The fraction of sp³-hybridized carbons (Fsp3) is 0.226. The summed E-state index contributed by atoms with van der Waals surface area (Å²) in [6.07, 6.45) is -9.67. The number of hydrogen-bond acceptors (Lipinski definition) is 13. The van der Waals surface area contributed by atoms with Crippen LogP contribution in [-0.4, -0.2) is 80.4 Å². The Morgan fingerprint density at radius 1 is 0.597 bits per heavy atom.